The molecular weight excluding hydrogens is 767 g/mol. The van der Waals surface area contributed by atoms with E-state index in [0.717, 1.165) is 63.2 Å². The molecule has 0 saturated heterocycles. The van der Waals surface area contributed by atoms with Crippen LogP contribution in [0.15, 0.2) is 215 Å². The fourth-order valence-corrected chi connectivity index (χ4v) is 9.98. The third kappa shape index (κ3) is 5.89. The summed E-state index contributed by atoms with van der Waals surface area (Å²) in [5.74, 6) is 1.09. The van der Waals surface area contributed by atoms with Crippen molar-refractivity contribution in [1.82, 2.24) is 0 Å². The van der Waals surface area contributed by atoms with Gasteiger partial charge in [0.2, 0.25) is 0 Å². The average molecular weight is 806 g/mol. The van der Waals surface area contributed by atoms with Crippen molar-refractivity contribution in [2.24, 2.45) is 0 Å². The summed E-state index contributed by atoms with van der Waals surface area (Å²) in [6, 6.07) is 72.7. The van der Waals surface area contributed by atoms with Crippen LogP contribution in [0.3, 0.4) is 0 Å². The zero-order chi connectivity index (χ0) is 41.4. The average Bonchev–Trinajstić information content (AvgIpc) is 3.92. The Bertz CT molecular complexity index is 3740. The van der Waals surface area contributed by atoms with E-state index in [1.165, 1.54) is 76.6 Å². The third-order valence-electron chi connectivity index (χ3n) is 13.1. The molecule has 10 aromatic carbocycles. The molecule has 0 atom stereocenters. The fraction of sp³-hybridized carbons (Fsp3) is 0.0333. The lowest BCUT2D eigenvalue weighted by molar-refractivity contribution is 0.546. The number of allylic oxidation sites excluding steroid dienone is 1. The van der Waals surface area contributed by atoms with E-state index in [-0.39, 0.29) is 0 Å². The topological polar surface area (TPSA) is 29.5 Å². The number of rotatable bonds is 6. The molecule has 12 aromatic rings. The Kier molecular flexibility index (Phi) is 8.04. The van der Waals surface area contributed by atoms with Crippen LogP contribution >= 0.6 is 0 Å². The van der Waals surface area contributed by atoms with Gasteiger partial charge in [0, 0.05) is 45.2 Å². The molecule has 296 valence electrons. The number of anilines is 3. The predicted molar refractivity (Wildman–Crippen MR) is 264 cm³/mol. The molecule has 0 amide bonds. The SMILES string of the molecule is C1=Cc2c(oc3ccc(-c4ccc(N(c5ccc(-c6ccc(-c7ccc8oc9ccccc9c8c7)cc6)cc5)c5ccc6c7ccccc7c7ccccc7c6c5)cc4)cc23)CC1. The van der Waals surface area contributed by atoms with Gasteiger partial charge in [0.1, 0.15) is 22.5 Å². The van der Waals surface area contributed by atoms with Crippen LogP contribution in [-0.4, -0.2) is 0 Å². The number of furan rings is 2. The van der Waals surface area contributed by atoms with E-state index in [9.17, 15) is 0 Å². The van der Waals surface area contributed by atoms with Gasteiger partial charge in [0.05, 0.1) is 0 Å². The molecule has 0 radical (unpaired) electrons. The summed E-state index contributed by atoms with van der Waals surface area (Å²) >= 11 is 0. The molecule has 3 heteroatoms. The van der Waals surface area contributed by atoms with Gasteiger partial charge in [-0.3, -0.25) is 0 Å². The van der Waals surface area contributed by atoms with Gasteiger partial charge in [-0.05, 0) is 139 Å². The van der Waals surface area contributed by atoms with Gasteiger partial charge in [-0.15, -0.1) is 0 Å². The van der Waals surface area contributed by atoms with Crippen LogP contribution < -0.4 is 4.90 Å². The highest BCUT2D eigenvalue weighted by atomic mass is 16.3. The second-order valence-electron chi connectivity index (χ2n) is 16.7. The maximum absolute atomic E-state index is 6.23. The first-order valence-electron chi connectivity index (χ1n) is 21.8. The molecule has 0 spiro atoms. The number of nitrogens with zero attached hydrogens (tertiary/aromatic N) is 1. The highest BCUT2D eigenvalue weighted by Crippen LogP contribution is 2.43. The van der Waals surface area contributed by atoms with Crippen molar-refractivity contribution in [3.8, 4) is 33.4 Å². The van der Waals surface area contributed by atoms with Crippen LogP contribution in [0.25, 0.3) is 105 Å². The quantitative estimate of drug-likeness (QED) is 0.157. The molecule has 2 heterocycles. The molecule has 0 fully saturated rings. The summed E-state index contributed by atoms with van der Waals surface area (Å²) in [7, 11) is 0. The first-order chi connectivity index (χ1) is 31.2. The number of para-hydroxylation sites is 1. The molecule has 13 rings (SSSR count). The lowest BCUT2D eigenvalue weighted by Gasteiger charge is -2.26. The van der Waals surface area contributed by atoms with E-state index in [4.69, 9.17) is 8.83 Å². The molecule has 0 N–H and O–H groups in total. The van der Waals surface area contributed by atoms with Crippen LogP contribution in [0.2, 0.25) is 0 Å². The molecule has 0 aliphatic heterocycles. The van der Waals surface area contributed by atoms with Crippen LogP contribution in [-0.2, 0) is 6.42 Å². The Morgan fingerprint density at radius 1 is 0.317 bits per heavy atom. The maximum Gasteiger partial charge on any atom is 0.135 e. The molecule has 63 heavy (non-hydrogen) atoms. The molecule has 1 aliphatic rings. The van der Waals surface area contributed by atoms with E-state index >= 15 is 0 Å². The Balaban J connectivity index is 0.886. The van der Waals surface area contributed by atoms with Crippen molar-refractivity contribution in [3.05, 3.63) is 218 Å². The highest BCUT2D eigenvalue weighted by molar-refractivity contribution is 6.25. The second kappa shape index (κ2) is 14.2. The largest absolute Gasteiger partial charge is 0.460 e. The Labute approximate surface area is 364 Å². The summed E-state index contributed by atoms with van der Waals surface area (Å²) in [6.45, 7) is 0. The van der Waals surface area contributed by atoms with E-state index in [0.29, 0.717) is 0 Å². The summed E-state index contributed by atoms with van der Waals surface area (Å²) < 4.78 is 12.3. The molecular formula is C60H39NO2. The van der Waals surface area contributed by atoms with Gasteiger partial charge in [0.25, 0.3) is 0 Å². The molecule has 2 aromatic heterocycles. The lowest BCUT2D eigenvalue weighted by atomic mass is 9.94. The van der Waals surface area contributed by atoms with Crippen molar-refractivity contribution in [2.75, 3.05) is 4.90 Å². The molecule has 3 nitrogen and oxygen atoms in total. The predicted octanol–water partition coefficient (Wildman–Crippen LogP) is 17.2. The van der Waals surface area contributed by atoms with Crippen molar-refractivity contribution in [3.63, 3.8) is 0 Å². The highest BCUT2D eigenvalue weighted by Gasteiger charge is 2.18. The van der Waals surface area contributed by atoms with Gasteiger partial charge in [0.15, 0.2) is 0 Å². The number of hydrogen-bond donors (Lipinski definition) is 0. The van der Waals surface area contributed by atoms with E-state index < -0.39 is 0 Å². The molecule has 1 aliphatic carbocycles. The number of aryl methyl sites for hydroxylation is 1. The van der Waals surface area contributed by atoms with Crippen molar-refractivity contribution in [2.45, 2.75) is 12.8 Å². The summed E-state index contributed by atoms with van der Waals surface area (Å²) in [4.78, 5) is 2.39. The van der Waals surface area contributed by atoms with Gasteiger partial charge in [-0.2, -0.15) is 0 Å². The molecule has 0 bridgehead atoms. The normalized spacial score (nSPS) is 12.6. The number of hydrogen-bond acceptors (Lipinski definition) is 3. The monoisotopic (exact) mass is 805 g/mol. The van der Waals surface area contributed by atoms with Crippen molar-refractivity contribution >= 4 is 88.4 Å². The van der Waals surface area contributed by atoms with Crippen molar-refractivity contribution < 1.29 is 8.83 Å². The lowest BCUT2D eigenvalue weighted by Crippen LogP contribution is -2.10. The Morgan fingerprint density at radius 3 is 1.38 bits per heavy atom. The van der Waals surface area contributed by atoms with E-state index in [1.54, 1.807) is 0 Å². The van der Waals surface area contributed by atoms with Crippen LogP contribution in [0.5, 0.6) is 0 Å². The van der Waals surface area contributed by atoms with Gasteiger partial charge >= 0.3 is 0 Å². The standard InChI is InChI=1S/C60H39NO2/c1-2-11-49-47(9-1)48-10-3-4-12-50(48)54-37-46(31-32-51(49)54)61(45-29-23-41(24-30-45)43-26-34-60-56(36-43)53-14-6-8-16-58(53)63-60)44-27-21-39(22-28-44)38-17-19-40(20-18-38)42-25-33-59-55(35-42)52-13-5-7-15-57(52)62-59/h1-7,9-15,17-37H,8,16H2. The minimum absolute atomic E-state index is 0.912. The van der Waals surface area contributed by atoms with Crippen molar-refractivity contribution in [1.29, 1.82) is 0 Å². The zero-order valence-corrected chi connectivity index (χ0v) is 34.4. The van der Waals surface area contributed by atoms with E-state index in [2.05, 4.69) is 205 Å². The maximum atomic E-state index is 6.23. The van der Waals surface area contributed by atoms with Gasteiger partial charge in [-0.25, -0.2) is 0 Å². The Morgan fingerprint density at radius 2 is 0.762 bits per heavy atom. The van der Waals surface area contributed by atoms with Gasteiger partial charge in [-0.1, -0.05) is 146 Å². The smallest absolute Gasteiger partial charge is 0.135 e. The van der Waals surface area contributed by atoms with Crippen LogP contribution in [0.4, 0.5) is 17.1 Å². The minimum atomic E-state index is 0.912. The summed E-state index contributed by atoms with van der Waals surface area (Å²) in [5, 5.41) is 11.0. The fourth-order valence-electron chi connectivity index (χ4n) is 9.98. The summed E-state index contributed by atoms with van der Waals surface area (Å²) in [6.07, 6.45) is 6.45. The Hall–Kier alpha value is -8.14. The molecule has 0 saturated carbocycles. The van der Waals surface area contributed by atoms with E-state index in [1.807, 2.05) is 12.1 Å². The van der Waals surface area contributed by atoms with Gasteiger partial charge < -0.3 is 13.7 Å². The number of fused-ring (bicyclic) bond motifs is 12. The first kappa shape index (κ1) is 35.6. The van der Waals surface area contributed by atoms with Crippen LogP contribution in [0.1, 0.15) is 17.7 Å². The summed E-state index contributed by atoms with van der Waals surface area (Å²) in [5.41, 5.74) is 14.3. The third-order valence-corrected chi connectivity index (χ3v) is 13.1. The minimum Gasteiger partial charge on any atom is -0.460 e. The number of benzene rings is 10. The first-order valence-corrected chi connectivity index (χ1v) is 21.8. The zero-order valence-electron chi connectivity index (χ0n) is 34.4. The van der Waals surface area contributed by atoms with Crippen LogP contribution in [0, 0.1) is 0 Å². The molecule has 0 unspecified atom stereocenters. The second-order valence-corrected chi connectivity index (χ2v) is 16.7.